The molecule has 0 saturated heterocycles. The van der Waals surface area contributed by atoms with Crippen LogP contribution in [0, 0.1) is 5.92 Å². The van der Waals surface area contributed by atoms with E-state index in [0.29, 0.717) is 12.5 Å². The van der Waals surface area contributed by atoms with Crippen molar-refractivity contribution in [1.82, 2.24) is 4.90 Å². The first-order chi connectivity index (χ1) is 9.09. The number of benzene rings is 1. The molecule has 1 amide bonds. The minimum absolute atomic E-state index is 0.147. The summed E-state index contributed by atoms with van der Waals surface area (Å²) in [5, 5.41) is 19.1. The van der Waals surface area contributed by atoms with Gasteiger partial charge in [-0.25, -0.2) is 0 Å². The molecule has 2 N–H and O–H groups in total. The molecule has 1 unspecified atom stereocenters. The molecule has 1 aromatic rings. The lowest BCUT2D eigenvalue weighted by molar-refractivity contribution is 0.0765. The summed E-state index contributed by atoms with van der Waals surface area (Å²) in [5.74, 6) is -0.399. The van der Waals surface area contributed by atoms with Crippen LogP contribution in [0.3, 0.4) is 0 Å². The summed E-state index contributed by atoms with van der Waals surface area (Å²) >= 11 is 0. The van der Waals surface area contributed by atoms with E-state index in [9.17, 15) is 15.0 Å². The Bertz CT molecular complexity index is 496. The van der Waals surface area contributed by atoms with Gasteiger partial charge in [0, 0.05) is 13.6 Å². The standard InChI is InChI=1S/C15H19NO3/c1-16(10-11-6-3-2-4-7-11)15(19)12-8-5-9-13(17)14(12)18/h2-3,5,8-9,11,17-18H,4,6-7,10H2,1H3. The molecule has 4 heteroatoms. The third kappa shape index (κ3) is 3.08. The number of hydrogen-bond donors (Lipinski definition) is 2. The Hall–Kier alpha value is -1.97. The molecule has 19 heavy (non-hydrogen) atoms. The van der Waals surface area contributed by atoms with Crippen LogP contribution in [0.5, 0.6) is 11.5 Å². The molecule has 1 atom stereocenters. The van der Waals surface area contributed by atoms with Gasteiger partial charge < -0.3 is 15.1 Å². The number of carbonyl (C=O) groups is 1. The number of phenolic OH excluding ortho intramolecular Hbond substituents is 2. The second-order valence-electron chi connectivity index (χ2n) is 5.01. The molecule has 102 valence electrons. The molecule has 0 bridgehead atoms. The molecule has 0 aliphatic heterocycles. The predicted octanol–water partition coefficient (Wildman–Crippen LogP) is 2.53. The maximum absolute atomic E-state index is 12.2. The van der Waals surface area contributed by atoms with Gasteiger partial charge in [0.05, 0.1) is 5.56 Å². The molecule has 0 saturated carbocycles. The summed E-state index contributed by atoms with van der Waals surface area (Å²) in [4.78, 5) is 13.8. The number of hydrogen-bond acceptors (Lipinski definition) is 3. The first kappa shape index (κ1) is 13.5. The van der Waals surface area contributed by atoms with E-state index in [1.165, 1.54) is 12.1 Å². The van der Waals surface area contributed by atoms with E-state index in [4.69, 9.17) is 0 Å². The number of para-hydroxylation sites is 1. The topological polar surface area (TPSA) is 60.8 Å². The van der Waals surface area contributed by atoms with Crippen molar-refractivity contribution in [3.8, 4) is 11.5 Å². The zero-order valence-corrected chi connectivity index (χ0v) is 11.0. The van der Waals surface area contributed by atoms with Crippen LogP contribution >= 0.6 is 0 Å². The van der Waals surface area contributed by atoms with Gasteiger partial charge in [-0.05, 0) is 37.3 Å². The Morgan fingerprint density at radius 1 is 1.37 bits per heavy atom. The predicted molar refractivity (Wildman–Crippen MR) is 73.2 cm³/mol. The highest BCUT2D eigenvalue weighted by Crippen LogP contribution is 2.29. The van der Waals surface area contributed by atoms with E-state index in [-0.39, 0.29) is 23.0 Å². The molecule has 1 aromatic carbocycles. The molecule has 4 nitrogen and oxygen atoms in total. The van der Waals surface area contributed by atoms with Crippen LogP contribution in [0.4, 0.5) is 0 Å². The van der Waals surface area contributed by atoms with Gasteiger partial charge in [-0.1, -0.05) is 18.2 Å². The fraction of sp³-hybridized carbons (Fsp3) is 0.400. The van der Waals surface area contributed by atoms with E-state index in [1.54, 1.807) is 18.0 Å². The normalized spacial score (nSPS) is 18.3. The van der Waals surface area contributed by atoms with Crippen molar-refractivity contribution in [3.63, 3.8) is 0 Å². The van der Waals surface area contributed by atoms with Gasteiger partial charge in [0.2, 0.25) is 0 Å². The molecule has 1 aliphatic carbocycles. The zero-order chi connectivity index (χ0) is 13.8. The average molecular weight is 261 g/mol. The number of aromatic hydroxyl groups is 2. The van der Waals surface area contributed by atoms with Crippen molar-refractivity contribution in [3.05, 3.63) is 35.9 Å². The van der Waals surface area contributed by atoms with Crippen molar-refractivity contribution in [2.45, 2.75) is 19.3 Å². The number of carbonyl (C=O) groups excluding carboxylic acids is 1. The zero-order valence-electron chi connectivity index (χ0n) is 11.0. The maximum atomic E-state index is 12.2. The highest BCUT2D eigenvalue weighted by atomic mass is 16.3. The number of amides is 1. The Morgan fingerprint density at radius 3 is 2.84 bits per heavy atom. The average Bonchev–Trinajstić information content (AvgIpc) is 2.42. The lowest BCUT2D eigenvalue weighted by Crippen LogP contribution is -2.32. The van der Waals surface area contributed by atoms with Crippen LogP contribution in [0.1, 0.15) is 29.6 Å². The van der Waals surface area contributed by atoms with Crippen LogP contribution in [0.2, 0.25) is 0 Å². The highest BCUT2D eigenvalue weighted by molar-refractivity contribution is 5.97. The van der Waals surface area contributed by atoms with Crippen molar-refractivity contribution in [1.29, 1.82) is 0 Å². The summed E-state index contributed by atoms with van der Waals surface area (Å²) in [6.07, 6.45) is 7.45. The van der Waals surface area contributed by atoms with Crippen LogP contribution in [-0.4, -0.2) is 34.6 Å². The maximum Gasteiger partial charge on any atom is 0.257 e. The molecule has 0 fully saturated rings. The van der Waals surface area contributed by atoms with Crippen molar-refractivity contribution in [2.24, 2.45) is 5.92 Å². The Morgan fingerprint density at radius 2 is 2.16 bits per heavy atom. The molecule has 0 aromatic heterocycles. The van der Waals surface area contributed by atoms with Crippen LogP contribution in [0.25, 0.3) is 0 Å². The van der Waals surface area contributed by atoms with Crippen molar-refractivity contribution >= 4 is 5.91 Å². The Kier molecular flexibility index (Phi) is 4.10. The Balaban J connectivity index is 2.06. The fourth-order valence-corrected chi connectivity index (χ4v) is 2.40. The van der Waals surface area contributed by atoms with Crippen molar-refractivity contribution < 1.29 is 15.0 Å². The third-order valence-corrected chi connectivity index (χ3v) is 3.50. The van der Waals surface area contributed by atoms with Gasteiger partial charge in [-0.15, -0.1) is 0 Å². The van der Waals surface area contributed by atoms with Gasteiger partial charge in [0.1, 0.15) is 0 Å². The van der Waals surface area contributed by atoms with Crippen LogP contribution in [0.15, 0.2) is 30.4 Å². The SMILES string of the molecule is CN(CC1CC=CCC1)C(=O)c1cccc(O)c1O. The molecular formula is C15H19NO3. The second kappa shape index (κ2) is 5.78. The van der Waals surface area contributed by atoms with E-state index < -0.39 is 0 Å². The van der Waals surface area contributed by atoms with Crippen LogP contribution in [-0.2, 0) is 0 Å². The van der Waals surface area contributed by atoms with E-state index in [2.05, 4.69) is 12.2 Å². The number of phenols is 2. The largest absolute Gasteiger partial charge is 0.504 e. The van der Waals surface area contributed by atoms with Gasteiger partial charge >= 0.3 is 0 Å². The molecule has 0 spiro atoms. The lowest BCUT2D eigenvalue weighted by Gasteiger charge is -2.25. The molecule has 0 radical (unpaired) electrons. The first-order valence-corrected chi connectivity index (χ1v) is 6.51. The van der Waals surface area contributed by atoms with Gasteiger partial charge in [0.15, 0.2) is 11.5 Å². The Labute approximate surface area is 113 Å². The summed E-state index contributed by atoms with van der Waals surface area (Å²) < 4.78 is 0. The number of rotatable bonds is 3. The summed E-state index contributed by atoms with van der Waals surface area (Å²) in [5.41, 5.74) is 0.147. The number of nitrogens with zero attached hydrogens (tertiary/aromatic N) is 1. The molecule has 2 rings (SSSR count). The first-order valence-electron chi connectivity index (χ1n) is 6.51. The second-order valence-corrected chi connectivity index (χ2v) is 5.01. The summed E-state index contributed by atoms with van der Waals surface area (Å²) in [6, 6.07) is 4.44. The fourth-order valence-electron chi connectivity index (χ4n) is 2.40. The van der Waals surface area contributed by atoms with E-state index >= 15 is 0 Å². The third-order valence-electron chi connectivity index (χ3n) is 3.50. The summed E-state index contributed by atoms with van der Waals surface area (Å²) in [7, 11) is 1.73. The number of allylic oxidation sites excluding steroid dienone is 2. The molecule has 1 aliphatic rings. The molecule has 0 heterocycles. The van der Waals surface area contributed by atoms with E-state index in [1.807, 2.05) is 0 Å². The highest BCUT2D eigenvalue weighted by Gasteiger charge is 2.20. The lowest BCUT2D eigenvalue weighted by atomic mass is 9.94. The molecular weight excluding hydrogens is 242 g/mol. The van der Waals surface area contributed by atoms with Gasteiger partial charge in [-0.3, -0.25) is 4.79 Å². The van der Waals surface area contributed by atoms with Crippen molar-refractivity contribution in [2.75, 3.05) is 13.6 Å². The van der Waals surface area contributed by atoms with Crippen LogP contribution < -0.4 is 0 Å². The minimum atomic E-state index is -0.345. The quantitative estimate of drug-likeness (QED) is 0.649. The smallest absolute Gasteiger partial charge is 0.257 e. The minimum Gasteiger partial charge on any atom is -0.504 e. The van der Waals surface area contributed by atoms with Gasteiger partial charge in [0.25, 0.3) is 5.91 Å². The summed E-state index contributed by atoms with van der Waals surface area (Å²) in [6.45, 7) is 0.665. The van der Waals surface area contributed by atoms with Gasteiger partial charge in [-0.2, -0.15) is 0 Å². The monoisotopic (exact) mass is 261 g/mol. The van der Waals surface area contributed by atoms with E-state index in [0.717, 1.165) is 19.3 Å².